The molecule has 1 amide bonds. The number of amides is 1. The van der Waals surface area contributed by atoms with E-state index in [1.54, 1.807) is 13.4 Å². The number of aromatic nitrogens is 2. The van der Waals surface area contributed by atoms with Crippen molar-refractivity contribution in [3.8, 4) is 17.0 Å². The minimum atomic E-state index is 0.0117. The van der Waals surface area contributed by atoms with Crippen molar-refractivity contribution in [3.05, 3.63) is 78.6 Å². The maximum absolute atomic E-state index is 13.4. The molecule has 5 rings (SSSR count). The topological polar surface area (TPSA) is 61.8 Å². The molecule has 2 aromatic carbocycles. The smallest absolute Gasteiger partial charge is 0.227 e. The first-order valence-electron chi connectivity index (χ1n) is 13.1. The fourth-order valence-electron chi connectivity index (χ4n) is 5.14. The second-order valence-electron chi connectivity index (χ2n) is 9.71. The number of methoxy groups -OCH3 is 1. The molecular weight excluding hydrogens is 462 g/mol. The molecule has 2 fully saturated rings. The van der Waals surface area contributed by atoms with Crippen molar-refractivity contribution in [2.24, 2.45) is 5.92 Å². The Labute approximate surface area is 219 Å². The van der Waals surface area contributed by atoms with Gasteiger partial charge in [-0.15, -0.1) is 0 Å². The molecule has 1 aromatic heterocycles. The van der Waals surface area contributed by atoms with Crippen molar-refractivity contribution in [2.45, 2.75) is 12.8 Å². The lowest BCUT2D eigenvalue weighted by atomic mass is 9.96. The third-order valence-corrected chi connectivity index (χ3v) is 7.29. The van der Waals surface area contributed by atoms with Gasteiger partial charge in [-0.2, -0.15) is 0 Å². The van der Waals surface area contributed by atoms with Gasteiger partial charge in [-0.05, 0) is 42.7 Å². The van der Waals surface area contributed by atoms with E-state index >= 15 is 0 Å². The minimum Gasteiger partial charge on any atom is -0.497 e. The number of rotatable bonds is 7. The summed E-state index contributed by atoms with van der Waals surface area (Å²) in [6, 6.07) is 20.3. The molecule has 0 aliphatic carbocycles. The molecule has 3 heterocycles. The van der Waals surface area contributed by atoms with Gasteiger partial charge >= 0.3 is 0 Å². The van der Waals surface area contributed by atoms with Gasteiger partial charge in [0.05, 0.1) is 18.7 Å². The molecule has 0 bridgehead atoms. The number of carbonyl (C=O) groups is 1. The Kier molecular flexibility index (Phi) is 8.11. The van der Waals surface area contributed by atoms with Crippen molar-refractivity contribution in [1.82, 2.24) is 19.8 Å². The normalized spacial score (nSPS) is 18.8. The molecule has 7 heteroatoms. The van der Waals surface area contributed by atoms with E-state index in [2.05, 4.69) is 61.1 Å². The average Bonchev–Trinajstić information content (AvgIpc) is 2.98. The van der Waals surface area contributed by atoms with E-state index in [-0.39, 0.29) is 11.8 Å². The summed E-state index contributed by atoms with van der Waals surface area (Å²) >= 11 is 0. The molecule has 2 aliphatic heterocycles. The first kappa shape index (κ1) is 25.0. The van der Waals surface area contributed by atoms with Gasteiger partial charge < -0.3 is 14.5 Å². The molecular formula is C30H35N5O2. The highest BCUT2D eigenvalue weighted by Crippen LogP contribution is 2.27. The zero-order chi connectivity index (χ0) is 25.5. The van der Waals surface area contributed by atoms with Crippen molar-refractivity contribution < 1.29 is 9.53 Å². The average molecular weight is 498 g/mol. The quantitative estimate of drug-likeness (QED) is 0.487. The van der Waals surface area contributed by atoms with Crippen molar-refractivity contribution in [2.75, 3.05) is 57.8 Å². The number of benzene rings is 2. The molecule has 1 unspecified atom stereocenters. The molecule has 3 aromatic rings. The second kappa shape index (κ2) is 12.0. The first-order chi connectivity index (χ1) is 18.2. The molecule has 192 valence electrons. The maximum Gasteiger partial charge on any atom is 0.227 e. The number of piperidine rings is 1. The summed E-state index contributed by atoms with van der Waals surface area (Å²) in [6.45, 7) is 5.95. The van der Waals surface area contributed by atoms with E-state index in [1.807, 2.05) is 36.4 Å². The Balaban J connectivity index is 1.15. The zero-order valence-corrected chi connectivity index (χ0v) is 21.5. The fraction of sp³-hybridized carbons (Fsp3) is 0.367. The molecule has 0 radical (unpaired) electrons. The van der Waals surface area contributed by atoms with E-state index in [4.69, 9.17) is 4.74 Å². The monoisotopic (exact) mass is 497 g/mol. The number of piperazine rings is 1. The first-order valence-corrected chi connectivity index (χ1v) is 13.1. The number of nitrogens with zero attached hydrogens (tertiary/aromatic N) is 5. The summed E-state index contributed by atoms with van der Waals surface area (Å²) in [5.74, 6) is 2.00. The van der Waals surface area contributed by atoms with Crippen LogP contribution in [0.5, 0.6) is 5.75 Å². The van der Waals surface area contributed by atoms with E-state index in [9.17, 15) is 4.79 Å². The van der Waals surface area contributed by atoms with Crippen LogP contribution in [0.2, 0.25) is 0 Å². The Morgan fingerprint density at radius 1 is 1.00 bits per heavy atom. The summed E-state index contributed by atoms with van der Waals surface area (Å²) in [4.78, 5) is 29.1. The summed E-state index contributed by atoms with van der Waals surface area (Å²) in [5.41, 5.74) is 3.11. The highest BCUT2D eigenvalue weighted by Gasteiger charge is 2.31. The molecule has 1 atom stereocenters. The van der Waals surface area contributed by atoms with Gasteiger partial charge in [0.15, 0.2) is 0 Å². The van der Waals surface area contributed by atoms with E-state index in [0.29, 0.717) is 6.54 Å². The second-order valence-corrected chi connectivity index (χ2v) is 9.71. The highest BCUT2D eigenvalue weighted by atomic mass is 16.5. The Hall–Kier alpha value is -3.71. The van der Waals surface area contributed by atoms with Gasteiger partial charge in [-0.3, -0.25) is 9.69 Å². The summed E-state index contributed by atoms with van der Waals surface area (Å²) < 4.78 is 5.27. The van der Waals surface area contributed by atoms with Crippen LogP contribution < -0.4 is 9.64 Å². The van der Waals surface area contributed by atoms with Crippen LogP contribution in [0.1, 0.15) is 18.4 Å². The van der Waals surface area contributed by atoms with Crippen LogP contribution in [-0.4, -0.2) is 78.6 Å². The maximum atomic E-state index is 13.4. The third-order valence-electron chi connectivity index (χ3n) is 7.29. The van der Waals surface area contributed by atoms with Crippen LogP contribution in [0.25, 0.3) is 17.3 Å². The van der Waals surface area contributed by atoms with Crippen LogP contribution in [0.15, 0.2) is 73.1 Å². The van der Waals surface area contributed by atoms with Crippen LogP contribution >= 0.6 is 0 Å². The Bertz CT molecular complexity index is 1190. The van der Waals surface area contributed by atoms with E-state index in [1.165, 1.54) is 5.56 Å². The number of ether oxygens (including phenoxy) is 1. The summed E-state index contributed by atoms with van der Waals surface area (Å²) in [5, 5.41) is 0. The van der Waals surface area contributed by atoms with Gasteiger partial charge in [-0.25, -0.2) is 9.97 Å². The summed E-state index contributed by atoms with van der Waals surface area (Å²) in [6.07, 6.45) is 7.93. The molecule has 0 spiro atoms. The van der Waals surface area contributed by atoms with E-state index < -0.39 is 0 Å². The SMILES string of the molecule is COc1ccc(-c2cc(N3CCCC(C(=O)N4CCN(C/C=C/c5ccccc5)CC4)C3)ncn2)cc1. The predicted molar refractivity (Wildman–Crippen MR) is 147 cm³/mol. The van der Waals surface area contributed by atoms with Gasteiger partial charge in [0.1, 0.15) is 17.9 Å². The lowest BCUT2D eigenvalue weighted by Gasteiger charge is -2.39. The molecule has 7 nitrogen and oxygen atoms in total. The van der Waals surface area contributed by atoms with Gasteiger partial charge in [0, 0.05) is 57.4 Å². The molecule has 2 aliphatic rings. The van der Waals surface area contributed by atoms with Crippen LogP contribution in [0.3, 0.4) is 0 Å². The molecule has 2 saturated heterocycles. The highest BCUT2D eigenvalue weighted by molar-refractivity contribution is 5.80. The summed E-state index contributed by atoms with van der Waals surface area (Å²) in [7, 11) is 1.66. The largest absolute Gasteiger partial charge is 0.497 e. The minimum absolute atomic E-state index is 0.0117. The number of carbonyl (C=O) groups excluding carboxylic acids is 1. The Morgan fingerprint density at radius 2 is 1.78 bits per heavy atom. The zero-order valence-electron chi connectivity index (χ0n) is 21.5. The van der Waals surface area contributed by atoms with Crippen molar-refractivity contribution in [3.63, 3.8) is 0 Å². The fourth-order valence-corrected chi connectivity index (χ4v) is 5.14. The Morgan fingerprint density at radius 3 is 2.54 bits per heavy atom. The number of hydrogen-bond donors (Lipinski definition) is 0. The van der Waals surface area contributed by atoms with Crippen LogP contribution in [-0.2, 0) is 4.79 Å². The predicted octanol–water partition coefficient (Wildman–Crippen LogP) is 4.23. The van der Waals surface area contributed by atoms with Crippen molar-refractivity contribution >= 4 is 17.8 Å². The third kappa shape index (κ3) is 6.35. The molecule has 0 N–H and O–H groups in total. The lowest BCUT2D eigenvalue weighted by Crippen LogP contribution is -2.52. The van der Waals surface area contributed by atoms with E-state index in [0.717, 1.165) is 74.9 Å². The molecule has 0 saturated carbocycles. The lowest BCUT2D eigenvalue weighted by molar-refractivity contribution is -0.137. The standard InChI is InChI=1S/C30H35N5O2/c1-37-27-13-11-25(12-14-27)28-21-29(32-23-31-28)35-16-6-10-26(22-35)30(36)34-19-17-33(18-20-34)15-5-9-24-7-3-2-4-8-24/h2-5,7-9,11-14,21,23,26H,6,10,15-20,22H2,1H3/b9-5+. The van der Waals surface area contributed by atoms with Gasteiger partial charge in [0.25, 0.3) is 0 Å². The van der Waals surface area contributed by atoms with Gasteiger partial charge in [-0.1, -0.05) is 42.5 Å². The van der Waals surface area contributed by atoms with Gasteiger partial charge in [0.2, 0.25) is 5.91 Å². The van der Waals surface area contributed by atoms with Crippen LogP contribution in [0.4, 0.5) is 5.82 Å². The number of anilines is 1. The van der Waals surface area contributed by atoms with Crippen LogP contribution in [0, 0.1) is 5.92 Å². The number of hydrogen-bond acceptors (Lipinski definition) is 6. The molecule has 37 heavy (non-hydrogen) atoms. The van der Waals surface area contributed by atoms with Crippen molar-refractivity contribution in [1.29, 1.82) is 0 Å².